The van der Waals surface area contributed by atoms with Gasteiger partial charge in [0.05, 0.1) is 17.9 Å². The summed E-state index contributed by atoms with van der Waals surface area (Å²) in [6, 6.07) is 0.796. The molecule has 0 aromatic carbocycles. The molecule has 1 aliphatic carbocycles. The van der Waals surface area contributed by atoms with Crippen LogP contribution in [0.5, 0.6) is 0 Å². The quantitative estimate of drug-likeness (QED) is 0.548. The Bertz CT molecular complexity index is 547. The van der Waals surface area contributed by atoms with Gasteiger partial charge in [0, 0.05) is 31.1 Å². The van der Waals surface area contributed by atoms with Crippen LogP contribution in [0.15, 0.2) is 0 Å². The summed E-state index contributed by atoms with van der Waals surface area (Å²) in [5.41, 5.74) is 0. The average Bonchev–Trinajstić information content (AvgIpc) is 3.09. The maximum Gasteiger partial charge on any atom is 0.413 e. The molecule has 2 aliphatic heterocycles. The third-order valence-electron chi connectivity index (χ3n) is 5.37. The minimum atomic E-state index is -0.728. The van der Waals surface area contributed by atoms with Gasteiger partial charge in [-0.05, 0) is 38.4 Å². The first-order chi connectivity index (χ1) is 12.6. The van der Waals surface area contributed by atoms with Gasteiger partial charge in [0.1, 0.15) is 0 Å². The van der Waals surface area contributed by atoms with E-state index in [1.807, 2.05) is 0 Å². The van der Waals surface area contributed by atoms with Gasteiger partial charge in [0.25, 0.3) is 0 Å². The molecule has 8 nitrogen and oxygen atoms in total. The maximum atomic E-state index is 12.7. The molecule has 3 rings (SSSR count). The van der Waals surface area contributed by atoms with Crippen molar-refractivity contribution in [1.29, 1.82) is 0 Å². The molecule has 146 valence electrons. The van der Waals surface area contributed by atoms with Crippen molar-refractivity contribution in [1.82, 2.24) is 21.3 Å². The van der Waals surface area contributed by atoms with Crippen LogP contribution in [-0.2, 0) is 14.3 Å². The number of carbonyl (C=O) groups is 3. The second kappa shape index (κ2) is 9.05. The summed E-state index contributed by atoms with van der Waals surface area (Å²) in [5.74, 6) is -0.00488. The smallest absolute Gasteiger partial charge is 0.413 e. The van der Waals surface area contributed by atoms with Crippen molar-refractivity contribution in [2.24, 2.45) is 11.8 Å². The summed E-state index contributed by atoms with van der Waals surface area (Å²) in [4.78, 5) is 36.5. The van der Waals surface area contributed by atoms with Crippen LogP contribution < -0.4 is 21.3 Å². The van der Waals surface area contributed by atoms with Crippen LogP contribution in [0.4, 0.5) is 4.79 Å². The number of carbonyl (C=O) groups excluding carboxylic acids is 3. The van der Waals surface area contributed by atoms with Crippen molar-refractivity contribution in [3.63, 3.8) is 0 Å². The molecule has 0 aromatic rings. The van der Waals surface area contributed by atoms with E-state index in [4.69, 9.17) is 4.74 Å². The van der Waals surface area contributed by atoms with Crippen LogP contribution in [0.1, 0.15) is 32.6 Å². The number of thioether (sulfide) groups is 1. The normalized spacial score (nSPS) is 33.8. The molecule has 9 heteroatoms. The van der Waals surface area contributed by atoms with Gasteiger partial charge in [0.15, 0.2) is 0 Å². The second-order valence-corrected chi connectivity index (χ2v) is 8.29. The summed E-state index contributed by atoms with van der Waals surface area (Å²) < 4.78 is 4.76. The van der Waals surface area contributed by atoms with Crippen molar-refractivity contribution in [3.05, 3.63) is 0 Å². The number of fused-ring (bicyclic) bond motifs is 1. The zero-order chi connectivity index (χ0) is 18.5. The highest BCUT2D eigenvalue weighted by atomic mass is 32.2. The SMILES string of the molecule is CCOC(=O)NC(=O)C1CCSC1NC(=O)C1CCC2NCCNC2C1. The summed E-state index contributed by atoms with van der Waals surface area (Å²) >= 11 is 1.56. The number of hydrogen-bond acceptors (Lipinski definition) is 7. The van der Waals surface area contributed by atoms with Gasteiger partial charge in [-0.25, -0.2) is 4.79 Å². The van der Waals surface area contributed by atoms with E-state index in [1.165, 1.54) is 0 Å². The summed E-state index contributed by atoms with van der Waals surface area (Å²) in [5, 5.41) is 12.0. The number of alkyl carbamates (subject to hydrolysis) is 1. The van der Waals surface area contributed by atoms with Crippen molar-refractivity contribution in [2.75, 3.05) is 25.4 Å². The minimum absolute atomic E-state index is 0.0177. The van der Waals surface area contributed by atoms with E-state index < -0.39 is 12.0 Å². The van der Waals surface area contributed by atoms with E-state index in [2.05, 4.69) is 21.3 Å². The highest BCUT2D eigenvalue weighted by molar-refractivity contribution is 8.00. The first-order valence-corrected chi connectivity index (χ1v) is 10.5. The van der Waals surface area contributed by atoms with Crippen LogP contribution >= 0.6 is 11.8 Å². The molecule has 0 spiro atoms. The molecular formula is C17H28N4O4S. The van der Waals surface area contributed by atoms with Crippen LogP contribution in [0.3, 0.4) is 0 Å². The Kier molecular flexibility index (Phi) is 6.77. The molecule has 5 atom stereocenters. The summed E-state index contributed by atoms with van der Waals surface area (Å²) in [6.45, 7) is 3.81. The zero-order valence-electron chi connectivity index (χ0n) is 15.1. The molecule has 3 aliphatic rings. The largest absolute Gasteiger partial charge is 0.450 e. The lowest BCUT2D eigenvalue weighted by Gasteiger charge is -2.40. The zero-order valence-corrected chi connectivity index (χ0v) is 15.9. The standard InChI is InChI=1S/C17H28N4O4S/c1-2-25-17(24)21-15(23)11-5-8-26-16(11)20-14(22)10-3-4-12-13(9-10)19-7-6-18-12/h10-13,16,18-19H,2-9H2,1H3,(H,20,22)(H,21,23,24). The van der Waals surface area contributed by atoms with Gasteiger partial charge in [-0.1, -0.05) is 0 Å². The number of hydrogen-bond donors (Lipinski definition) is 4. The molecule has 3 amide bonds. The van der Waals surface area contributed by atoms with E-state index in [0.717, 1.165) is 38.1 Å². The van der Waals surface area contributed by atoms with Crippen molar-refractivity contribution in [2.45, 2.75) is 50.1 Å². The van der Waals surface area contributed by atoms with Gasteiger partial charge >= 0.3 is 6.09 Å². The van der Waals surface area contributed by atoms with E-state index >= 15 is 0 Å². The fourth-order valence-electron chi connectivity index (χ4n) is 4.01. The maximum absolute atomic E-state index is 12.7. The molecule has 1 saturated carbocycles. The highest BCUT2D eigenvalue weighted by Gasteiger charge is 2.39. The van der Waals surface area contributed by atoms with Crippen LogP contribution in [0.25, 0.3) is 0 Å². The number of amides is 3. The Morgan fingerprint density at radius 2 is 1.85 bits per heavy atom. The van der Waals surface area contributed by atoms with E-state index in [0.29, 0.717) is 18.5 Å². The molecule has 0 aromatic heterocycles. The van der Waals surface area contributed by atoms with Crippen LogP contribution in [-0.4, -0.2) is 60.8 Å². The van der Waals surface area contributed by atoms with Gasteiger partial charge in [-0.2, -0.15) is 0 Å². The number of nitrogens with one attached hydrogen (secondary N) is 4. The predicted molar refractivity (Wildman–Crippen MR) is 98.6 cm³/mol. The Morgan fingerprint density at radius 3 is 2.62 bits per heavy atom. The Balaban J connectivity index is 1.51. The van der Waals surface area contributed by atoms with Crippen molar-refractivity contribution >= 4 is 29.7 Å². The van der Waals surface area contributed by atoms with Crippen molar-refractivity contribution in [3.8, 4) is 0 Å². The number of ether oxygens (including phenoxy) is 1. The molecule has 2 saturated heterocycles. The molecule has 0 radical (unpaired) electrons. The molecule has 5 unspecified atom stereocenters. The number of rotatable bonds is 4. The lowest BCUT2D eigenvalue weighted by atomic mass is 9.81. The Morgan fingerprint density at radius 1 is 1.08 bits per heavy atom. The highest BCUT2D eigenvalue weighted by Crippen LogP contribution is 2.32. The van der Waals surface area contributed by atoms with Gasteiger partial charge < -0.3 is 20.7 Å². The van der Waals surface area contributed by atoms with E-state index in [9.17, 15) is 14.4 Å². The molecule has 3 fully saturated rings. The third kappa shape index (κ3) is 4.69. The second-order valence-electron chi connectivity index (χ2n) is 7.04. The first kappa shape index (κ1) is 19.4. The van der Waals surface area contributed by atoms with Crippen LogP contribution in [0.2, 0.25) is 0 Å². The Hall–Kier alpha value is -1.32. The summed E-state index contributed by atoms with van der Waals surface area (Å²) in [7, 11) is 0. The molecule has 0 bridgehead atoms. The van der Waals surface area contributed by atoms with E-state index in [1.54, 1.807) is 18.7 Å². The van der Waals surface area contributed by atoms with E-state index in [-0.39, 0.29) is 29.7 Å². The molecule has 26 heavy (non-hydrogen) atoms. The van der Waals surface area contributed by atoms with Crippen molar-refractivity contribution < 1.29 is 19.1 Å². The molecule has 4 N–H and O–H groups in total. The van der Waals surface area contributed by atoms with Gasteiger partial charge in [-0.3, -0.25) is 14.9 Å². The first-order valence-electron chi connectivity index (χ1n) is 9.45. The summed E-state index contributed by atoms with van der Waals surface area (Å²) in [6.07, 6.45) is 2.58. The topological polar surface area (TPSA) is 109 Å². The monoisotopic (exact) mass is 384 g/mol. The van der Waals surface area contributed by atoms with Gasteiger partial charge in [-0.15, -0.1) is 11.8 Å². The van der Waals surface area contributed by atoms with Gasteiger partial charge in [0.2, 0.25) is 11.8 Å². The minimum Gasteiger partial charge on any atom is -0.450 e. The molecular weight excluding hydrogens is 356 g/mol. The lowest BCUT2D eigenvalue weighted by Crippen LogP contribution is -2.59. The fourth-order valence-corrected chi connectivity index (χ4v) is 5.35. The number of piperazine rings is 1. The fraction of sp³-hybridized carbons (Fsp3) is 0.824. The third-order valence-corrected chi connectivity index (χ3v) is 6.65. The lowest BCUT2D eigenvalue weighted by molar-refractivity contribution is -0.128. The average molecular weight is 385 g/mol. The van der Waals surface area contributed by atoms with Crippen LogP contribution in [0, 0.1) is 11.8 Å². The molecule has 2 heterocycles. The Labute approximate surface area is 157 Å². The predicted octanol–water partition coefficient (Wildman–Crippen LogP) is 0.185. The number of imide groups is 1.